The number of halogens is 1. The molecule has 4 nitrogen and oxygen atoms in total. The van der Waals surface area contributed by atoms with Gasteiger partial charge in [-0.3, -0.25) is 0 Å². The van der Waals surface area contributed by atoms with Crippen LogP contribution in [0.1, 0.15) is 23.0 Å². The Balaban J connectivity index is 2.05. The van der Waals surface area contributed by atoms with Crippen LogP contribution in [-0.2, 0) is 17.9 Å². The molecular formula is C14H15BrN2O2. The fraction of sp³-hybridized carbons (Fsp3) is 0.214. The van der Waals surface area contributed by atoms with Gasteiger partial charge in [0.2, 0.25) is 0 Å². The second-order valence-corrected chi connectivity index (χ2v) is 5.07. The molecule has 1 heterocycles. The molecule has 0 unspecified atom stereocenters. The van der Waals surface area contributed by atoms with Gasteiger partial charge in [0, 0.05) is 17.2 Å². The number of hydrogen-bond acceptors (Lipinski definition) is 3. The highest BCUT2D eigenvalue weighted by Gasteiger charge is 2.13. The smallest absolute Gasteiger partial charge is 0.355 e. The summed E-state index contributed by atoms with van der Waals surface area (Å²) in [5.41, 5.74) is 7.67. The molecule has 5 heteroatoms. The van der Waals surface area contributed by atoms with Crippen LogP contribution in [0.3, 0.4) is 0 Å². The first kappa shape index (κ1) is 13.7. The predicted molar refractivity (Wildman–Crippen MR) is 77.8 cm³/mol. The minimum Gasteiger partial charge on any atom is -0.456 e. The number of anilines is 1. The van der Waals surface area contributed by atoms with E-state index in [1.807, 2.05) is 31.2 Å². The number of rotatable bonds is 4. The third-order valence-electron chi connectivity index (χ3n) is 2.73. The SMILES string of the molecule is CCn1cc(N)cc1C(=O)OCc1cccc(Br)c1. The molecule has 0 fully saturated rings. The molecule has 19 heavy (non-hydrogen) atoms. The van der Waals surface area contributed by atoms with Gasteiger partial charge in [-0.1, -0.05) is 28.1 Å². The maximum absolute atomic E-state index is 12.0. The molecule has 0 aliphatic heterocycles. The third kappa shape index (κ3) is 3.38. The minimum atomic E-state index is -0.362. The van der Waals surface area contributed by atoms with Gasteiger partial charge in [-0.15, -0.1) is 0 Å². The van der Waals surface area contributed by atoms with Crippen molar-refractivity contribution in [3.8, 4) is 0 Å². The van der Waals surface area contributed by atoms with Crippen molar-refractivity contribution in [3.63, 3.8) is 0 Å². The first-order chi connectivity index (χ1) is 9.10. The summed E-state index contributed by atoms with van der Waals surface area (Å²) in [5, 5.41) is 0. The van der Waals surface area contributed by atoms with Crippen molar-refractivity contribution in [2.75, 3.05) is 5.73 Å². The molecule has 2 aromatic rings. The van der Waals surface area contributed by atoms with Crippen molar-refractivity contribution in [2.24, 2.45) is 0 Å². The zero-order chi connectivity index (χ0) is 13.8. The summed E-state index contributed by atoms with van der Waals surface area (Å²) in [6.45, 7) is 2.87. The number of ether oxygens (including phenoxy) is 1. The number of benzene rings is 1. The minimum absolute atomic E-state index is 0.243. The molecule has 0 saturated heterocycles. The highest BCUT2D eigenvalue weighted by molar-refractivity contribution is 9.10. The van der Waals surface area contributed by atoms with Gasteiger partial charge >= 0.3 is 5.97 Å². The fourth-order valence-electron chi connectivity index (χ4n) is 1.81. The zero-order valence-corrected chi connectivity index (χ0v) is 12.2. The number of esters is 1. The molecule has 0 saturated carbocycles. The zero-order valence-electron chi connectivity index (χ0n) is 10.6. The van der Waals surface area contributed by atoms with Crippen LogP contribution in [0.25, 0.3) is 0 Å². The molecule has 0 aliphatic rings. The lowest BCUT2D eigenvalue weighted by Gasteiger charge is -2.07. The Kier molecular flexibility index (Phi) is 4.27. The first-order valence-corrected chi connectivity index (χ1v) is 6.76. The van der Waals surface area contributed by atoms with Crippen LogP contribution in [0.5, 0.6) is 0 Å². The number of nitrogens with two attached hydrogens (primary N) is 1. The largest absolute Gasteiger partial charge is 0.456 e. The van der Waals surface area contributed by atoms with E-state index in [1.54, 1.807) is 16.8 Å². The average Bonchev–Trinajstić information content (AvgIpc) is 2.77. The number of nitrogens with zero attached hydrogens (tertiary/aromatic N) is 1. The van der Waals surface area contributed by atoms with E-state index in [1.165, 1.54) is 0 Å². The number of carbonyl (C=O) groups is 1. The van der Waals surface area contributed by atoms with Crippen molar-refractivity contribution < 1.29 is 9.53 Å². The predicted octanol–water partition coefficient (Wildman–Crippen LogP) is 3.21. The Bertz CT molecular complexity index is 593. The normalized spacial score (nSPS) is 10.4. The lowest BCUT2D eigenvalue weighted by Crippen LogP contribution is -2.11. The summed E-state index contributed by atoms with van der Waals surface area (Å²) >= 11 is 3.38. The van der Waals surface area contributed by atoms with E-state index in [4.69, 9.17) is 10.5 Å². The van der Waals surface area contributed by atoms with Gasteiger partial charge < -0.3 is 15.0 Å². The maximum Gasteiger partial charge on any atom is 0.355 e. The summed E-state index contributed by atoms with van der Waals surface area (Å²) in [4.78, 5) is 12.0. The van der Waals surface area contributed by atoms with Crippen molar-refractivity contribution in [2.45, 2.75) is 20.1 Å². The van der Waals surface area contributed by atoms with Crippen molar-refractivity contribution in [3.05, 3.63) is 52.3 Å². The molecule has 100 valence electrons. The van der Waals surface area contributed by atoms with Gasteiger partial charge in [-0.2, -0.15) is 0 Å². The number of aryl methyl sites for hydroxylation is 1. The second kappa shape index (κ2) is 5.93. The summed E-state index contributed by atoms with van der Waals surface area (Å²) in [6.07, 6.45) is 1.73. The van der Waals surface area contributed by atoms with E-state index in [-0.39, 0.29) is 12.6 Å². The first-order valence-electron chi connectivity index (χ1n) is 5.97. The molecule has 0 radical (unpaired) electrons. The average molecular weight is 323 g/mol. The van der Waals surface area contributed by atoms with E-state index in [0.717, 1.165) is 10.0 Å². The summed E-state index contributed by atoms with van der Waals surface area (Å²) < 4.78 is 8.03. The number of hydrogen-bond donors (Lipinski definition) is 1. The topological polar surface area (TPSA) is 57.2 Å². The van der Waals surface area contributed by atoms with Gasteiger partial charge in [0.05, 0.1) is 5.69 Å². The van der Waals surface area contributed by atoms with Gasteiger partial charge in [0.1, 0.15) is 12.3 Å². The molecule has 2 N–H and O–H groups in total. The lowest BCUT2D eigenvalue weighted by molar-refractivity contribution is 0.0460. The molecule has 1 aromatic heterocycles. The van der Waals surface area contributed by atoms with Gasteiger partial charge in [0.15, 0.2) is 0 Å². The Morgan fingerprint density at radius 2 is 2.21 bits per heavy atom. The van der Waals surface area contributed by atoms with Gasteiger partial charge in [-0.25, -0.2) is 4.79 Å². The van der Waals surface area contributed by atoms with Crippen molar-refractivity contribution in [1.29, 1.82) is 0 Å². The van der Waals surface area contributed by atoms with Gasteiger partial charge in [-0.05, 0) is 30.7 Å². The Morgan fingerprint density at radius 1 is 1.42 bits per heavy atom. The molecule has 0 amide bonds. The molecule has 0 bridgehead atoms. The monoisotopic (exact) mass is 322 g/mol. The van der Waals surface area contributed by atoms with Crippen LogP contribution in [-0.4, -0.2) is 10.5 Å². The van der Waals surface area contributed by atoms with Crippen LogP contribution in [0, 0.1) is 0 Å². The van der Waals surface area contributed by atoms with Crippen LogP contribution in [0.2, 0.25) is 0 Å². The Morgan fingerprint density at radius 3 is 2.89 bits per heavy atom. The van der Waals surface area contributed by atoms with Gasteiger partial charge in [0.25, 0.3) is 0 Å². The van der Waals surface area contributed by atoms with E-state index in [0.29, 0.717) is 17.9 Å². The van der Waals surface area contributed by atoms with Crippen LogP contribution in [0.15, 0.2) is 41.0 Å². The number of aromatic nitrogens is 1. The summed E-state index contributed by atoms with van der Waals surface area (Å²) in [6, 6.07) is 9.28. The molecule has 0 spiro atoms. The van der Waals surface area contributed by atoms with E-state index in [2.05, 4.69) is 15.9 Å². The van der Waals surface area contributed by atoms with E-state index < -0.39 is 0 Å². The standard InChI is InChI=1S/C14H15BrN2O2/c1-2-17-8-12(16)7-13(17)14(18)19-9-10-4-3-5-11(15)6-10/h3-8H,2,9,16H2,1H3. The summed E-state index contributed by atoms with van der Waals surface area (Å²) in [5.74, 6) is -0.362. The Labute approximate surface area is 120 Å². The van der Waals surface area contributed by atoms with Crippen LogP contribution >= 0.6 is 15.9 Å². The number of carbonyl (C=O) groups excluding carboxylic acids is 1. The number of nitrogen functional groups attached to an aromatic ring is 1. The molecule has 0 atom stereocenters. The van der Waals surface area contributed by atoms with E-state index >= 15 is 0 Å². The highest BCUT2D eigenvalue weighted by Crippen LogP contribution is 2.15. The quantitative estimate of drug-likeness (QED) is 0.879. The summed E-state index contributed by atoms with van der Waals surface area (Å²) in [7, 11) is 0. The van der Waals surface area contributed by atoms with Crippen LogP contribution in [0.4, 0.5) is 5.69 Å². The third-order valence-corrected chi connectivity index (χ3v) is 3.22. The molecular weight excluding hydrogens is 308 g/mol. The highest BCUT2D eigenvalue weighted by atomic mass is 79.9. The molecule has 1 aromatic carbocycles. The maximum atomic E-state index is 12.0. The lowest BCUT2D eigenvalue weighted by atomic mass is 10.2. The molecule has 0 aliphatic carbocycles. The second-order valence-electron chi connectivity index (χ2n) is 4.15. The molecule has 2 rings (SSSR count). The fourth-order valence-corrected chi connectivity index (χ4v) is 2.26. The van der Waals surface area contributed by atoms with Crippen molar-refractivity contribution in [1.82, 2.24) is 4.57 Å². The van der Waals surface area contributed by atoms with Crippen molar-refractivity contribution >= 4 is 27.6 Å². The van der Waals surface area contributed by atoms with Crippen LogP contribution < -0.4 is 5.73 Å². The Hall–Kier alpha value is -1.75. The van der Waals surface area contributed by atoms with E-state index in [9.17, 15) is 4.79 Å².